The predicted molar refractivity (Wildman–Crippen MR) is 111 cm³/mol. The van der Waals surface area contributed by atoms with Crippen molar-refractivity contribution >= 4 is 23.2 Å². The van der Waals surface area contributed by atoms with E-state index in [1.54, 1.807) is 67.6 Å². The number of carbonyl (C=O) groups is 2. The maximum absolute atomic E-state index is 12.6. The number of amides is 2. The van der Waals surface area contributed by atoms with Crippen LogP contribution in [0.4, 0.5) is 11.4 Å². The van der Waals surface area contributed by atoms with Crippen molar-refractivity contribution in [2.24, 2.45) is 0 Å². The first-order valence-electron chi connectivity index (χ1n) is 9.00. The molecule has 0 radical (unpaired) electrons. The van der Waals surface area contributed by atoms with Crippen molar-refractivity contribution in [1.82, 2.24) is 0 Å². The summed E-state index contributed by atoms with van der Waals surface area (Å²) in [7, 11) is 0. The molecule has 3 aromatic carbocycles. The van der Waals surface area contributed by atoms with Crippen molar-refractivity contribution in [3.05, 3.63) is 90.0 Å². The highest BCUT2D eigenvalue weighted by atomic mass is 16.5. The maximum atomic E-state index is 12.6. The summed E-state index contributed by atoms with van der Waals surface area (Å²) in [5.74, 6) is -0.386. The molecule has 0 spiro atoms. The molecule has 1 atom stereocenters. The molecule has 0 unspecified atom stereocenters. The van der Waals surface area contributed by atoms with Crippen LogP contribution in [0.1, 0.15) is 22.8 Å². The molecule has 0 fully saturated rings. The first kappa shape index (κ1) is 19.6. The van der Waals surface area contributed by atoms with Gasteiger partial charge in [0.1, 0.15) is 5.75 Å². The predicted octanol–water partition coefficient (Wildman–Crippen LogP) is 4.22. The first-order chi connectivity index (χ1) is 14.1. The second-order valence-electron chi connectivity index (χ2n) is 6.25. The van der Waals surface area contributed by atoms with Gasteiger partial charge in [-0.3, -0.25) is 9.59 Å². The molecule has 6 nitrogen and oxygen atoms in total. The number of nitriles is 1. The molecule has 0 aromatic heterocycles. The quantitative estimate of drug-likeness (QED) is 0.665. The number of hydrogen-bond donors (Lipinski definition) is 2. The van der Waals surface area contributed by atoms with Crippen molar-refractivity contribution in [1.29, 1.82) is 5.26 Å². The fraction of sp³-hybridized carbons (Fsp3) is 0.0870. The number of nitrogens with zero attached hydrogens (tertiary/aromatic N) is 1. The third-order valence-corrected chi connectivity index (χ3v) is 4.12. The fourth-order valence-corrected chi connectivity index (χ4v) is 2.59. The van der Waals surface area contributed by atoms with Crippen molar-refractivity contribution in [2.45, 2.75) is 13.0 Å². The van der Waals surface area contributed by atoms with E-state index in [4.69, 9.17) is 10.00 Å². The summed E-state index contributed by atoms with van der Waals surface area (Å²) in [6.45, 7) is 1.60. The molecule has 3 aromatic rings. The zero-order valence-electron chi connectivity index (χ0n) is 15.8. The molecule has 6 heteroatoms. The van der Waals surface area contributed by atoms with Crippen LogP contribution in [-0.2, 0) is 4.79 Å². The van der Waals surface area contributed by atoms with E-state index in [1.807, 2.05) is 24.3 Å². The summed E-state index contributed by atoms with van der Waals surface area (Å²) < 4.78 is 5.76. The standard InChI is InChI=1S/C23H19N3O3/c1-16(22(27)25-19-13-11-17(15-24)12-14-19)29-21-10-6-5-9-20(21)23(28)26-18-7-3-2-4-8-18/h2-14,16H,1H3,(H,25,27)(H,26,28)/t16-/m0/s1. The van der Waals surface area contributed by atoms with Gasteiger partial charge in [0.2, 0.25) is 0 Å². The van der Waals surface area contributed by atoms with Crippen LogP contribution >= 0.6 is 0 Å². The molecule has 0 bridgehead atoms. The lowest BCUT2D eigenvalue weighted by Gasteiger charge is -2.17. The molecule has 2 N–H and O–H groups in total. The van der Waals surface area contributed by atoms with Crippen LogP contribution in [0.3, 0.4) is 0 Å². The van der Waals surface area contributed by atoms with Crippen LogP contribution in [0, 0.1) is 11.3 Å². The second-order valence-corrected chi connectivity index (χ2v) is 6.25. The van der Waals surface area contributed by atoms with Gasteiger partial charge in [-0.1, -0.05) is 30.3 Å². The molecular weight excluding hydrogens is 366 g/mol. The Bertz CT molecular complexity index is 1040. The summed E-state index contributed by atoms with van der Waals surface area (Å²) in [6, 6.07) is 24.4. The van der Waals surface area contributed by atoms with Gasteiger partial charge in [-0.05, 0) is 55.5 Å². The van der Waals surface area contributed by atoms with Crippen LogP contribution < -0.4 is 15.4 Å². The number of carbonyl (C=O) groups excluding carboxylic acids is 2. The van der Waals surface area contributed by atoms with E-state index < -0.39 is 6.10 Å². The third kappa shape index (κ3) is 5.21. The third-order valence-electron chi connectivity index (χ3n) is 4.12. The smallest absolute Gasteiger partial charge is 0.265 e. The average Bonchev–Trinajstić information content (AvgIpc) is 2.75. The Kier molecular flexibility index (Phi) is 6.23. The highest BCUT2D eigenvalue weighted by Gasteiger charge is 2.19. The Morgan fingerprint density at radius 2 is 1.48 bits per heavy atom. The monoisotopic (exact) mass is 385 g/mol. The SMILES string of the molecule is C[C@H](Oc1ccccc1C(=O)Nc1ccccc1)C(=O)Nc1ccc(C#N)cc1. The summed E-state index contributed by atoms with van der Waals surface area (Å²) in [6.07, 6.45) is -0.837. The number of hydrogen-bond acceptors (Lipinski definition) is 4. The molecule has 29 heavy (non-hydrogen) atoms. The highest BCUT2D eigenvalue weighted by molar-refractivity contribution is 6.06. The minimum absolute atomic E-state index is 0.309. The summed E-state index contributed by atoms with van der Waals surface area (Å²) in [5, 5.41) is 14.4. The Hall–Kier alpha value is -4.11. The van der Waals surface area contributed by atoms with E-state index in [9.17, 15) is 9.59 Å². The lowest BCUT2D eigenvalue weighted by atomic mass is 10.1. The molecule has 0 aliphatic rings. The van der Waals surface area contributed by atoms with Gasteiger partial charge in [-0.2, -0.15) is 5.26 Å². The van der Waals surface area contributed by atoms with E-state index in [-0.39, 0.29) is 11.8 Å². The minimum Gasteiger partial charge on any atom is -0.480 e. The largest absolute Gasteiger partial charge is 0.480 e. The topological polar surface area (TPSA) is 91.2 Å². The van der Waals surface area contributed by atoms with E-state index in [2.05, 4.69) is 10.6 Å². The van der Waals surface area contributed by atoms with Crippen LogP contribution in [-0.4, -0.2) is 17.9 Å². The highest BCUT2D eigenvalue weighted by Crippen LogP contribution is 2.21. The van der Waals surface area contributed by atoms with Crippen LogP contribution in [0.5, 0.6) is 5.75 Å². The zero-order chi connectivity index (χ0) is 20.6. The normalized spacial score (nSPS) is 11.0. The van der Waals surface area contributed by atoms with Gasteiger partial charge < -0.3 is 15.4 Å². The van der Waals surface area contributed by atoms with Crippen molar-refractivity contribution in [3.63, 3.8) is 0 Å². The first-order valence-corrected chi connectivity index (χ1v) is 9.00. The van der Waals surface area contributed by atoms with Gasteiger partial charge in [0.25, 0.3) is 11.8 Å². The van der Waals surface area contributed by atoms with E-state index in [0.717, 1.165) is 0 Å². The van der Waals surface area contributed by atoms with Crippen molar-refractivity contribution < 1.29 is 14.3 Å². The van der Waals surface area contributed by atoms with Gasteiger partial charge in [0, 0.05) is 11.4 Å². The molecule has 3 rings (SSSR count). The molecule has 0 aliphatic heterocycles. The lowest BCUT2D eigenvalue weighted by Crippen LogP contribution is -2.30. The lowest BCUT2D eigenvalue weighted by molar-refractivity contribution is -0.122. The van der Waals surface area contributed by atoms with Gasteiger partial charge in [0.15, 0.2) is 6.10 Å². The van der Waals surface area contributed by atoms with Gasteiger partial charge in [-0.15, -0.1) is 0 Å². The van der Waals surface area contributed by atoms with Crippen molar-refractivity contribution in [2.75, 3.05) is 10.6 Å². The molecular formula is C23H19N3O3. The van der Waals surface area contributed by atoms with Gasteiger partial charge in [-0.25, -0.2) is 0 Å². The number of benzene rings is 3. The van der Waals surface area contributed by atoms with E-state index >= 15 is 0 Å². The van der Waals surface area contributed by atoms with E-state index in [1.165, 1.54) is 0 Å². The number of ether oxygens (including phenoxy) is 1. The number of rotatable bonds is 6. The van der Waals surface area contributed by atoms with Crippen molar-refractivity contribution in [3.8, 4) is 11.8 Å². The maximum Gasteiger partial charge on any atom is 0.265 e. The molecule has 2 amide bonds. The van der Waals surface area contributed by atoms with Crippen LogP contribution in [0.2, 0.25) is 0 Å². The second kappa shape index (κ2) is 9.20. The van der Waals surface area contributed by atoms with Gasteiger partial charge in [0.05, 0.1) is 17.2 Å². The summed E-state index contributed by atoms with van der Waals surface area (Å²) in [4.78, 5) is 25.1. The number of anilines is 2. The minimum atomic E-state index is -0.837. The van der Waals surface area contributed by atoms with Crippen LogP contribution in [0.25, 0.3) is 0 Å². The summed E-state index contributed by atoms with van der Waals surface area (Å²) in [5.41, 5.74) is 2.05. The van der Waals surface area contributed by atoms with Crippen LogP contribution in [0.15, 0.2) is 78.9 Å². The Morgan fingerprint density at radius 3 is 2.17 bits per heavy atom. The molecule has 144 valence electrons. The summed E-state index contributed by atoms with van der Waals surface area (Å²) >= 11 is 0. The zero-order valence-corrected chi connectivity index (χ0v) is 15.8. The molecule has 0 saturated heterocycles. The number of nitrogens with one attached hydrogen (secondary N) is 2. The molecule has 0 aliphatic carbocycles. The number of para-hydroxylation sites is 2. The Morgan fingerprint density at radius 1 is 0.862 bits per heavy atom. The molecule has 0 heterocycles. The Labute approximate surface area is 168 Å². The average molecular weight is 385 g/mol. The molecule has 0 saturated carbocycles. The van der Waals surface area contributed by atoms with Gasteiger partial charge >= 0.3 is 0 Å². The van der Waals surface area contributed by atoms with E-state index in [0.29, 0.717) is 28.3 Å². The fourth-order valence-electron chi connectivity index (χ4n) is 2.59. The Balaban J connectivity index is 1.68.